The molecule has 0 amide bonds. The minimum absolute atomic E-state index is 0.764. The molecule has 3 aromatic rings. The lowest BCUT2D eigenvalue weighted by atomic mass is 9.84. The highest BCUT2D eigenvalue weighted by Gasteiger charge is 2.16. The van der Waals surface area contributed by atoms with Crippen LogP contribution in [0.4, 0.5) is 22.7 Å². The van der Waals surface area contributed by atoms with E-state index in [0.29, 0.717) is 0 Å². The number of anilines is 4. The number of nitrogens with one attached hydrogen (secondary N) is 2. The molecule has 166 valence electrons. The van der Waals surface area contributed by atoms with Gasteiger partial charge in [0.05, 0.1) is 0 Å². The van der Waals surface area contributed by atoms with Gasteiger partial charge in [0.25, 0.3) is 0 Å². The van der Waals surface area contributed by atoms with Crippen molar-refractivity contribution in [3.05, 3.63) is 83.9 Å². The second kappa shape index (κ2) is 10.3. The summed E-state index contributed by atoms with van der Waals surface area (Å²) in [6.45, 7) is 0. The number of rotatable bonds is 6. The first kappa shape index (κ1) is 21.1. The van der Waals surface area contributed by atoms with Gasteiger partial charge in [-0.3, -0.25) is 0 Å². The summed E-state index contributed by atoms with van der Waals surface area (Å²) in [6.07, 6.45) is 13.8. The van der Waals surface area contributed by atoms with Crippen molar-refractivity contribution in [2.75, 3.05) is 10.6 Å². The van der Waals surface area contributed by atoms with E-state index in [4.69, 9.17) is 0 Å². The average molecular weight is 425 g/mol. The average Bonchev–Trinajstić information content (AvgIpc) is 2.87. The van der Waals surface area contributed by atoms with Crippen molar-refractivity contribution in [3.8, 4) is 0 Å². The highest BCUT2D eigenvalue weighted by molar-refractivity contribution is 5.66. The molecule has 0 aromatic heterocycles. The lowest BCUT2D eigenvalue weighted by Crippen LogP contribution is -2.04. The first-order valence-electron chi connectivity index (χ1n) is 12.7. The Hall–Kier alpha value is -2.74. The number of benzene rings is 3. The van der Waals surface area contributed by atoms with Gasteiger partial charge >= 0.3 is 0 Å². The monoisotopic (exact) mass is 424 g/mol. The molecule has 2 fully saturated rings. The molecule has 0 bridgehead atoms. The fourth-order valence-corrected chi connectivity index (χ4v) is 5.52. The van der Waals surface area contributed by atoms with Gasteiger partial charge in [0.2, 0.25) is 0 Å². The lowest BCUT2D eigenvalue weighted by molar-refractivity contribution is 0.443. The van der Waals surface area contributed by atoms with Crippen molar-refractivity contribution in [2.24, 2.45) is 0 Å². The number of hydrogen-bond donors (Lipinski definition) is 2. The van der Waals surface area contributed by atoms with E-state index in [1.807, 2.05) is 0 Å². The maximum atomic E-state index is 3.54. The molecule has 0 aliphatic heterocycles. The Bertz CT molecular complexity index is 878. The third-order valence-electron chi connectivity index (χ3n) is 7.44. The molecule has 2 aliphatic carbocycles. The molecular formula is C30H36N2. The predicted octanol–water partition coefficient (Wildman–Crippen LogP) is 9.27. The Balaban J connectivity index is 1.16. The summed E-state index contributed by atoms with van der Waals surface area (Å²) in [5.41, 5.74) is 7.56. The first-order chi connectivity index (χ1) is 15.8. The molecule has 2 nitrogen and oxygen atoms in total. The summed E-state index contributed by atoms with van der Waals surface area (Å²) in [5, 5.41) is 7.08. The Kier molecular flexibility index (Phi) is 6.77. The smallest absolute Gasteiger partial charge is 0.0385 e. The summed E-state index contributed by atoms with van der Waals surface area (Å²) >= 11 is 0. The van der Waals surface area contributed by atoms with E-state index in [1.165, 1.54) is 75.3 Å². The minimum atomic E-state index is 0.764. The van der Waals surface area contributed by atoms with Crippen LogP contribution in [0.25, 0.3) is 0 Å². The summed E-state index contributed by atoms with van der Waals surface area (Å²) in [6, 6.07) is 26.7. The number of hydrogen-bond acceptors (Lipinski definition) is 2. The van der Waals surface area contributed by atoms with E-state index >= 15 is 0 Å². The van der Waals surface area contributed by atoms with Crippen LogP contribution in [0.2, 0.25) is 0 Å². The minimum Gasteiger partial charge on any atom is -0.356 e. The third kappa shape index (κ3) is 5.35. The lowest BCUT2D eigenvalue weighted by Gasteiger charge is -2.22. The zero-order valence-electron chi connectivity index (χ0n) is 19.2. The van der Waals surface area contributed by atoms with Gasteiger partial charge in [-0.15, -0.1) is 0 Å². The van der Waals surface area contributed by atoms with Gasteiger partial charge < -0.3 is 10.6 Å². The van der Waals surface area contributed by atoms with Crippen molar-refractivity contribution in [2.45, 2.75) is 76.0 Å². The van der Waals surface area contributed by atoms with Crippen LogP contribution in [0.15, 0.2) is 72.8 Å². The van der Waals surface area contributed by atoms with E-state index in [-0.39, 0.29) is 0 Å². The highest BCUT2D eigenvalue weighted by atomic mass is 14.9. The molecule has 2 heteroatoms. The molecule has 0 radical (unpaired) electrons. The van der Waals surface area contributed by atoms with Crippen LogP contribution < -0.4 is 10.6 Å². The van der Waals surface area contributed by atoms with Gasteiger partial charge in [0.1, 0.15) is 0 Å². The summed E-state index contributed by atoms with van der Waals surface area (Å²) in [5.74, 6) is 1.53. The Morgan fingerprint density at radius 1 is 0.375 bits per heavy atom. The molecular weight excluding hydrogens is 388 g/mol. The molecule has 0 atom stereocenters. The van der Waals surface area contributed by atoms with E-state index in [1.54, 1.807) is 0 Å². The molecule has 2 N–H and O–H groups in total. The van der Waals surface area contributed by atoms with Gasteiger partial charge in [-0.05, 0) is 97.2 Å². The quantitative estimate of drug-likeness (QED) is 0.412. The molecule has 0 unspecified atom stereocenters. The molecule has 2 saturated carbocycles. The zero-order valence-corrected chi connectivity index (χ0v) is 19.2. The summed E-state index contributed by atoms with van der Waals surface area (Å²) in [7, 11) is 0. The van der Waals surface area contributed by atoms with Crippen molar-refractivity contribution < 1.29 is 0 Å². The predicted molar refractivity (Wildman–Crippen MR) is 138 cm³/mol. The SMILES string of the molecule is c1cc(Nc2ccc(C3CCCCC3)cc2)ccc1Nc1ccc(C2CCCCC2)cc1. The van der Waals surface area contributed by atoms with Gasteiger partial charge in [0, 0.05) is 22.7 Å². The normalized spacial score (nSPS) is 17.8. The third-order valence-corrected chi connectivity index (χ3v) is 7.44. The summed E-state index contributed by atoms with van der Waals surface area (Å²) < 4.78 is 0. The van der Waals surface area contributed by atoms with E-state index < -0.39 is 0 Å². The molecule has 5 rings (SSSR count). The van der Waals surface area contributed by atoms with Gasteiger partial charge in [0.15, 0.2) is 0 Å². The fourth-order valence-electron chi connectivity index (χ4n) is 5.52. The van der Waals surface area contributed by atoms with Gasteiger partial charge in [-0.2, -0.15) is 0 Å². The van der Waals surface area contributed by atoms with Crippen molar-refractivity contribution in [1.29, 1.82) is 0 Å². The molecule has 2 aliphatic rings. The Morgan fingerprint density at radius 2 is 0.656 bits per heavy atom. The van der Waals surface area contributed by atoms with Crippen LogP contribution in [-0.2, 0) is 0 Å². The Morgan fingerprint density at radius 3 is 0.969 bits per heavy atom. The van der Waals surface area contributed by atoms with Crippen LogP contribution >= 0.6 is 0 Å². The zero-order chi connectivity index (χ0) is 21.6. The molecule has 0 spiro atoms. The van der Waals surface area contributed by atoms with Gasteiger partial charge in [-0.25, -0.2) is 0 Å². The standard InChI is InChI=1S/C30H36N2/c1-3-7-23(8-4-1)25-11-15-27(16-12-25)31-29-19-21-30(22-20-29)32-28-17-13-26(14-18-28)24-9-5-2-6-10-24/h11-24,31-32H,1-10H2. The van der Waals surface area contributed by atoms with Crippen LogP contribution in [0, 0.1) is 0 Å². The summed E-state index contributed by atoms with van der Waals surface area (Å²) in [4.78, 5) is 0. The van der Waals surface area contributed by atoms with Crippen LogP contribution in [-0.4, -0.2) is 0 Å². The fraction of sp³-hybridized carbons (Fsp3) is 0.400. The van der Waals surface area contributed by atoms with Crippen molar-refractivity contribution in [3.63, 3.8) is 0 Å². The van der Waals surface area contributed by atoms with Crippen molar-refractivity contribution >= 4 is 22.7 Å². The van der Waals surface area contributed by atoms with E-state index in [0.717, 1.165) is 34.6 Å². The molecule has 0 heterocycles. The maximum absolute atomic E-state index is 3.54. The maximum Gasteiger partial charge on any atom is 0.0385 e. The molecule has 3 aromatic carbocycles. The highest BCUT2D eigenvalue weighted by Crippen LogP contribution is 2.34. The second-order valence-corrected chi connectivity index (χ2v) is 9.74. The van der Waals surface area contributed by atoms with Crippen LogP contribution in [0.3, 0.4) is 0 Å². The van der Waals surface area contributed by atoms with Crippen LogP contribution in [0.1, 0.15) is 87.2 Å². The van der Waals surface area contributed by atoms with Crippen molar-refractivity contribution in [1.82, 2.24) is 0 Å². The topological polar surface area (TPSA) is 24.1 Å². The van der Waals surface area contributed by atoms with E-state index in [9.17, 15) is 0 Å². The molecule has 0 saturated heterocycles. The van der Waals surface area contributed by atoms with Crippen LogP contribution in [0.5, 0.6) is 0 Å². The first-order valence-corrected chi connectivity index (χ1v) is 12.7. The van der Waals surface area contributed by atoms with E-state index in [2.05, 4.69) is 83.4 Å². The second-order valence-electron chi connectivity index (χ2n) is 9.74. The Labute approximate surface area is 193 Å². The molecule has 32 heavy (non-hydrogen) atoms. The largest absolute Gasteiger partial charge is 0.356 e. The van der Waals surface area contributed by atoms with Gasteiger partial charge in [-0.1, -0.05) is 62.8 Å².